The highest BCUT2D eigenvalue weighted by atomic mass is 16.5. The highest BCUT2D eigenvalue weighted by Crippen LogP contribution is 2.36. The predicted molar refractivity (Wildman–Crippen MR) is 126 cm³/mol. The van der Waals surface area contributed by atoms with Crippen molar-refractivity contribution in [3.8, 4) is 11.3 Å². The van der Waals surface area contributed by atoms with Crippen LogP contribution in [-0.4, -0.2) is 43.2 Å². The Morgan fingerprint density at radius 2 is 1.88 bits per heavy atom. The Labute approximate surface area is 192 Å². The summed E-state index contributed by atoms with van der Waals surface area (Å²) < 4.78 is 11.3. The summed E-state index contributed by atoms with van der Waals surface area (Å²) in [4.78, 5) is 15.2. The first-order valence-corrected chi connectivity index (χ1v) is 12.9. The zero-order valence-corrected chi connectivity index (χ0v) is 19.3. The molecule has 0 spiro atoms. The lowest BCUT2D eigenvalue weighted by molar-refractivity contribution is -0.128. The molecule has 3 aliphatic heterocycles. The van der Waals surface area contributed by atoms with E-state index >= 15 is 0 Å². The Morgan fingerprint density at radius 1 is 1.03 bits per heavy atom. The van der Waals surface area contributed by atoms with Gasteiger partial charge in [0.1, 0.15) is 5.76 Å². The second-order valence-electron chi connectivity index (χ2n) is 10.2. The van der Waals surface area contributed by atoms with Crippen molar-refractivity contribution in [2.24, 2.45) is 11.8 Å². The summed E-state index contributed by atoms with van der Waals surface area (Å²) in [6, 6.07) is 9.45. The van der Waals surface area contributed by atoms with Gasteiger partial charge in [-0.15, -0.1) is 0 Å². The van der Waals surface area contributed by atoms with Gasteiger partial charge in [-0.3, -0.25) is 9.69 Å². The number of carbonyl (C=O) groups excluding carboxylic acids is 1. The maximum absolute atomic E-state index is 12.5. The first-order chi connectivity index (χ1) is 15.8. The van der Waals surface area contributed by atoms with Gasteiger partial charge in [-0.25, -0.2) is 0 Å². The van der Waals surface area contributed by atoms with Gasteiger partial charge >= 0.3 is 0 Å². The van der Waals surface area contributed by atoms with E-state index < -0.39 is 0 Å². The van der Waals surface area contributed by atoms with E-state index in [0.29, 0.717) is 12.1 Å². The number of hydrogen-bond acceptors (Lipinski definition) is 4. The molecule has 174 valence electrons. The van der Waals surface area contributed by atoms with Crippen LogP contribution in [0.5, 0.6) is 0 Å². The third-order valence-corrected chi connectivity index (χ3v) is 8.06. The van der Waals surface area contributed by atoms with Gasteiger partial charge in [0.25, 0.3) is 0 Å². The average Bonchev–Trinajstić information content (AvgIpc) is 3.32. The maximum atomic E-state index is 12.5. The predicted octanol–water partition coefficient (Wildman–Crippen LogP) is 5.40. The fourth-order valence-electron chi connectivity index (χ4n) is 6.02. The van der Waals surface area contributed by atoms with Crippen molar-refractivity contribution in [1.29, 1.82) is 0 Å². The zero-order chi connectivity index (χ0) is 21.8. The van der Waals surface area contributed by atoms with E-state index in [1.165, 1.54) is 62.7 Å². The van der Waals surface area contributed by atoms with Gasteiger partial charge in [-0.05, 0) is 88.9 Å². The van der Waals surface area contributed by atoms with E-state index in [-0.39, 0.29) is 11.8 Å². The van der Waals surface area contributed by atoms with Crippen LogP contribution in [0.3, 0.4) is 0 Å². The number of piperidine rings is 1. The molecule has 3 heterocycles. The first-order valence-electron chi connectivity index (χ1n) is 12.9. The molecule has 1 atom stereocenters. The van der Waals surface area contributed by atoms with Crippen molar-refractivity contribution < 1.29 is 13.9 Å². The van der Waals surface area contributed by atoms with Crippen LogP contribution < -0.4 is 5.32 Å². The summed E-state index contributed by atoms with van der Waals surface area (Å²) in [5, 5.41) is 3.34. The SMILES string of the molecule is O=C(N[C@H]1CC[C@H](CCN2CCCCC2c2coc3cccc-3c2)CC1)C1CCOCC1. The molecule has 1 unspecified atom stereocenters. The van der Waals surface area contributed by atoms with Crippen molar-refractivity contribution in [2.75, 3.05) is 26.3 Å². The molecule has 0 aromatic carbocycles. The number of fused-ring (bicyclic) bond motifs is 1. The zero-order valence-electron chi connectivity index (χ0n) is 19.3. The Kier molecular flexibility index (Phi) is 7.13. The molecule has 5 nitrogen and oxygen atoms in total. The highest BCUT2D eigenvalue weighted by Gasteiger charge is 2.29. The molecule has 2 saturated heterocycles. The average molecular weight is 439 g/mol. The molecular formula is C27H38N2O3. The number of ether oxygens (including phenoxy) is 1. The van der Waals surface area contributed by atoms with E-state index in [2.05, 4.69) is 28.4 Å². The molecule has 1 amide bonds. The largest absolute Gasteiger partial charge is 0.464 e. The molecule has 0 radical (unpaired) electrons. The molecule has 1 N–H and O–H groups in total. The van der Waals surface area contributed by atoms with Crippen LogP contribution in [0.1, 0.15) is 75.8 Å². The molecular weight excluding hydrogens is 400 g/mol. The normalized spacial score (nSPS) is 28.1. The lowest BCUT2D eigenvalue weighted by Gasteiger charge is -2.37. The van der Waals surface area contributed by atoms with Crippen molar-refractivity contribution in [3.63, 3.8) is 0 Å². The minimum absolute atomic E-state index is 0.164. The second kappa shape index (κ2) is 10.4. The van der Waals surface area contributed by atoms with E-state index in [1.807, 2.05) is 12.3 Å². The van der Waals surface area contributed by atoms with Gasteiger partial charge in [0.05, 0.1) is 6.26 Å². The lowest BCUT2D eigenvalue weighted by atomic mass is 9.83. The number of nitrogens with one attached hydrogen (secondary N) is 1. The lowest BCUT2D eigenvalue weighted by Crippen LogP contribution is -2.42. The van der Waals surface area contributed by atoms with Crippen LogP contribution in [0, 0.1) is 11.8 Å². The Balaban J connectivity index is 1.10. The van der Waals surface area contributed by atoms with Gasteiger partial charge in [0.15, 0.2) is 0 Å². The minimum atomic E-state index is 0.164. The third kappa shape index (κ3) is 5.20. The van der Waals surface area contributed by atoms with Crippen molar-refractivity contribution in [2.45, 2.75) is 76.3 Å². The molecule has 5 rings (SSSR count). The number of carbonyl (C=O) groups is 1. The number of likely N-dealkylation sites (tertiary alicyclic amines) is 1. The van der Waals surface area contributed by atoms with E-state index in [0.717, 1.165) is 50.6 Å². The van der Waals surface area contributed by atoms with Crippen LogP contribution in [0.15, 0.2) is 34.9 Å². The Hall–Kier alpha value is -1.85. The topological polar surface area (TPSA) is 54.7 Å². The van der Waals surface area contributed by atoms with Crippen LogP contribution >= 0.6 is 0 Å². The summed E-state index contributed by atoms with van der Waals surface area (Å²) in [6.45, 7) is 3.84. The fraction of sp³-hybridized carbons (Fsp3) is 0.667. The van der Waals surface area contributed by atoms with Gasteiger partial charge in [-0.1, -0.05) is 18.6 Å². The van der Waals surface area contributed by atoms with Crippen molar-refractivity contribution in [1.82, 2.24) is 10.2 Å². The van der Waals surface area contributed by atoms with Crippen LogP contribution in [0.25, 0.3) is 11.3 Å². The third-order valence-electron chi connectivity index (χ3n) is 8.06. The quantitative estimate of drug-likeness (QED) is 0.656. The molecule has 32 heavy (non-hydrogen) atoms. The van der Waals surface area contributed by atoms with E-state index in [1.54, 1.807) is 0 Å². The van der Waals surface area contributed by atoms with E-state index in [4.69, 9.17) is 9.15 Å². The van der Waals surface area contributed by atoms with Crippen molar-refractivity contribution in [3.05, 3.63) is 36.1 Å². The number of amides is 1. The number of nitrogens with zero attached hydrogens (tertiary/aromatic N) is 1. The maximum Gasteiger partial charge on any atom is 0.223 e. The standard InChI is InChI=1S/C27H38N2O3/c30-27(21-12-16-31-17-13-21)28-24-9-7-20(8-10-24)11-15-29-14-2-1-5-25(29)23-18-22-4-3-6-26(22)32-19-23/h3-4,6,18-21,24-25H,1-2,5,7-17H2,(H,28,30)/t20-,24-,25?. The summed E-state index contributed by atoms with van der Waals surface area (Å²) in [5.74, 6) is 2.20. The smallest absolute Gasteiger partial charge is 0.223 e. The molecule has 0 aromatic rings. The van der Waals surface area contributed by atoms with Crippen molar-refractivity contribution >= 4 is 5.91 Å². The second-order valence-corrected chi connectivity index (χ2v) is 10.2. The molecule has 0 aromatic heterocycles. The number of rotatable bonds is 6. The molecule has 1 saturated carbocycles. The van der Waals surface area contributed by atoms with E-state index in [9.17, 15) is 4.79 Å². The Bertz CT molecular complexity index is 835. The molecule has 3 fully saturated rings. The monoisotopic (exact) mass is 438 g/mol. The van der Waals surface area contributed by atoms with Crippen LogP contribution in [0.4, 0.5) is 0 Å². The van der Waals surface area contributed by atoms with Crippen LogP contribution in [0.2, 0.25) is 0 Å². The summed E-state index contributed by atoms with van der Waals surface area (Å²) in [5.41, 5.74) is 2.55. The fourth-order valence-corrected chi connectivity index (χ4v) is 6.02. The summed E-state index contributed by atoms with van der Waals surface area (Å²) in [7, 11) is 0. The molecule has 5 aliphatic rings. The van der Waals surface area contributed by atoms with Gasteiger partial charge in [0.2, 0.25) is 5.91 Å². The van der Waals surface area contributed by atoms with Gasteiger partial charge in [0, 0.05) is 42.3 Å². The van der Waals surface area contributed by atoms with Gasteiger partial charge in [-0.2, -0.15) is 0 Å². The van der Waals surface area contributed by atoms with Crippen LogP contribution in [-0.2, 0) is 9.53 Å². The molecule has 5 heteroatoms. The summed E-state index contributed by atoms with van der Waals surface area (Å²) >= 11 is 0. The number of hydrogen-bond donors (Lipinski definition) is 1. The highest BCUT2D eigenvalue weighted by molar-refractivity contribution is 5.79. The minimum Gasteiger partial charge on any atom is -0.464 e. The molecule has 2 aliphatic carbocycles. The molecule has 0 bridgehead atoms. The first kappa shape index (κ1) is 22.0. The van der Waals surface area contributed by atoms with Gasteiger partial charge < -0.3 is 14.5 Å². The summed E-state index contributed by atoms with van der Waals surface area (Å²) in [6.07, 6.45) is 13.6. The Morgan fingerprint density at radius 3 is 2.72 bits per heavy atom.